The molecule has 0 saturated heterocycles. The summed E-state index contributed by atoms with van der Waals surface area (Å²) in [5.41, 5.74) is 6.82. The Labute approximate surface area is 105 Å². The number of nitro groups is 1. The maximum atomic E-state index is 11.8. The molecule has 1 rings (SSSR count). The lowest BCUT2D eigenvalue weighted by molar-refractivity contribution is -0.384. The first kappa shape index (κ1) is 14.1. The molecule has 0 fully saturated rings. The number of non-ortho nitro benzene ring substituents is 1. The number of nitro benzene ring substituents is 1. The van der Waals surface area contributed by atoms with Crippen molar-refractivity contribution in [2.24, 2.45) is 11.7 Å². The summed E-state index contributed by atoms with van der Waals surface area (Å²) in [4.78, 5) is 21.9. The molecule has 0 aliphatic rings. The lowest BCUT2D eigenvalue weighted by Crippen LogP contribution is -2.39. The smallest absolute Gasteiger partial charge is 0.271 e. The number of nitrogens with zero attached hydrogens (tertiary/aromatic N) is 1. The van der Waals surface area contributed by atoms with Gasteiger partial charge in [0.1, 0.15) is 0 Å². The topological polar surface area (TPSA) is 98.3 Å². The van der Waals surface area contributed by atoms with Crippen molar-refractivity contribution in [2.45, 2.75) is 26.8 Å². The van der Waals surface area contributed by atoms with Crippen LogP contribution in [-0.2, 0) is 4.79 Å². The number of aryl methyl sites for hydroxylation is 1. The Morgan fingerprint density at radius 1 is 1.44 bits per heavy atom. The fraction of sp³-hybridized carbons (Fsp3) is 0.417. The van der Waals surface area contributed by atoms with Crippen LogP contribution >= 0.6 is 0 Å². The van der Waals surface area contributed by atoms with E-state index in [0.29, 0.717) is 5.69 Å². The molecule has 0 radical (unpaired) electrons. The molecule has 0 unspecified atom stereocenters. The number of benzene rings is 1. The first-order chi connectivity index (χ1) is 8.32. The Bertz CT molecular complexity index is 472. The fourth-order valence-corrected chi connectivity index (χ4v) is 1.38. The van der Waals surface area contributed by atoms with Crippen molar-refractivity contribution in [3.05, 3.63) is 33.9 Å². The second-order valence-corrected chi connectivity index (χ2v) is 4.52. The lowest BCUT2D eigenvalue weighted by Gasteiger charge is -2.16. The maximum Gasteiger partial charge on any atom is 0.271 e. The van der Waals surface area contributed by atoms with E-state index < -0.39 is 11.0 Å². The predicted octanol–water partition coefficient (Wildman–Crippen LogP) is 1.83. The average molecular weight is 251 g/mol. The molecule has 1 atom stereocenters. The summed E-state index contributed by atoms with van der Waals surface area (Å²) in [5, 5.41) is 13.3. The highest BCUT2D eigenvalue weighted by atomic mass is 16.6. The molecule has 6 nitrogen and oxygen atoms in total. The van der Waals surface area contributed by atoms with Crippen LogP contribution in [0.25, 0.3) is 0 Å². The number of nitrogens with one attached hydrogen (secondary N) is 1. The number of hydrogen-bond acceptors (Lipinski definition) is 4. The summed E-state index contributed by atoms with van der Waals surface area (Å²) in [6, 6.07) is 3.69. The van der Waals surface area contributed by atoms with Crippen LogP contribution in [0.3, 0.4) is 0 Å². The van der Waals surface area contributed by atoms with E-state index in [1.165, 1.54) is 12.1 Å². The van der Waals surface area contributed by atoms with Crippen LogP contribution in [0.5, 0.6) is 0 Å². The molecule has 1 aromatic carbocycles. The van der Waals surface area contributed by atoms with Crippen molar-refractivity contribution < 1.29 is 9.72 Å². The Kier molecular flexibility index (Phi) is 4.38. The number of hydrogen-bond donors (Lipinski definition) is 2. The first-order valence-electron chi connectivity index (χ1n) is 5.64. The van der Waals surface area contributed by atoms with E-state index in [-0.39, 0.29) is 17.5 Å². The first-order valence-corrected chi connectivity index (χ1v) is 5.64. The largest absolute Gasteiger partial charge is 0.324 e. The minimum Gasteiger partial charge on any atom is -0.324 e. The van der Waals surface area contributed by atoms with Crippen LogP contribution in [0.15, 0.2) is 18.2 Å². The van der Waals surface area contributed by atoms with Gasteiger partial charge in [-0.05, 0) is 18.4 Å². The van der Waals surface area contributed by atoms with Gasteiger partial charge < -0.3 is 11.1 Å². The lowest BCUT2D eigenvalue weighted by atomic mass is 10.0. The second kappa shape index (κ2) is 5.59. The Morgan fingerprint density at radius 2 is 2.06 bits per heavy atom. The molecule has 1 aromatic rings. The third-order valence-electron chi connectivity index (χ3n) is 2.71. The van der Waals surface area contributed by atoms with Crippen molar-refractivity contribution in [3.63, 3.8) is 0 Å². The molecule has 0 heterocycles. The van der Waals surface area contributed by atoms with Gasteiger partial charge in [-0.1, -0.05) is 19.9 Å². The van der Waals surface area contributed by atoms with E-state index in [1.807, 2.05) is 13.8 Å². The molecular formula is C12H17N3O3. The van der Waals surface area contributed by atoms with E-state index in [9.17, 15) is 14.9 Å². The number of nitrogens with two attached hydrogens (primary N) is 1. The van der Waals surface area contributed by atoms with Crippen LogP contribution in [-0.4, -0.2) is 16.9 Å². The summed E-state index contributed by atoms with van der Waals surface area (Å²) in [6.07, 6.45) is 0. The summed E-state index contributed by atoms with van der Waals surface area (Å²) < 4.78 is 0. The number of amides is 1. The van der Waals surface area contributed by atoms with Crippen LogP contribution < -0.4 is 11.1 Å². The molecule has 1 amide bonds. The molecule has 0 aromatic heterocycles. The van der Waals surface area contributed by atoms with Crippen LogP contribution in [0.4, 0.5) is 11.4 Å². The van der Waals surface area contributed by atoms with Crippen molar-refractivity contribution in [3.8, 4) is 0 Å². The molecule has 98 valence electrons. The predicted molar refractivity (Wildman–Crippen MR) is 69.3 cm³/mol. The van der Waals surface area contributed by atoms with Gasteiger partial charge in [-0.15, -0.1) is 0 Å². The van der Waals surface area contributed by atoms with Crippen molar-refractivity contribution >= 4 is 17.3 Å². The van der Waals surface area contributed by atoms with Gasteiger partial charge in [0.25, 0.3) is 5.69 Å². The fourth-order valence-electron chi connectivity index (χ4n) is 1.38. The van der Waals surface area contributed by atoms with E-state index in [2.05, 4.69) is 5.32 Å². The zero-order chi connectivity index (χ0) is 13.9. The van der Waals surface area contributed by atoms with E-state index in [1.54, 1.807) is 13.0 Å². The highest BCUT2D eigenvalue weighted by Crippen LogP contribution is 2.22. The normalized spacial score (nSPS) is 12.3. The Hall–Kier alpha value is -1.95. The van der Waals surface area contributed by atoms with E-state index in [0.717, 1.165) is 5.56 Å². The van der Waals surface area contributed by atoms with Gasteiger partial charge in [0, 0.05) is 12.1 Å². The van der Waals surface area contributed by atoms with Gasteiger partial charge in [-0.25, -0.2) is 0 Å². The molecule has 0 saturated carbocycles. The van der Waals surface area contributed by atoms with Crippen LogP contribution in [0, 0.1) is 23.0 Å². The Morgan fingerprint density at radius 3 is 2.56 bits per heavy atom. The van der Waals surface area contributed by atoms with Gasteiger partial charge in [0.15, 0.2) is 0 Å². The number of anilines is 1. The molecule has 0 aliphatic heterocycles. The standard InChI is InChI=1S/C12H17N3O3/c1-7(2)11(13)12(16)14-10-6-9(15(17)18)5-4-8(10)3/h4-7,11H,13H2,1-3H3,(H,14,16)/t11-/m0/s1. The zero-order valence-corrected chi connectivity index (χ0v) is 10.6. The van der Waals surface area contributed by atoms with Gasteiger partial charge in [-0.2, -0.15) is 0 Å². The molecule has 3 N–H and O–H groups in total. The molecule has 6 heteroatoms. The average Bonchev–Trinajstić information content (AvgIpc) is 2.30. The van der Waals surface area contributed by atoms with Crippen molar-refractivity contribution in [1.82, 2.24) is 0 Å². The minimum absolute atomic E-state index is 0.00371. The number of carbonyl (C=O) groups excluding carboxylic acids is 1. The third-order valence-corrected chi connectivity index (χ3v) is 2.71. The van der Waals surface area contributed by atoms with E-state index in [4.69, 9.17) is 5.73 Å². The summed E-state index contributed by atoms with van der Waals surface area (Å²) >= 11 is 0. The summed E-state index contributed by atoms with van der Waals surface area (Å²) in [7, 11) is 0. The third kappa shape index (κ3) is 3.27. The Balaban J connectivity index is 2.93. The van der Waals surface area contributed by atoms with E-state index >= 15 is 0 Å². The highest BCUT2D eigenvalue weighted by Gasteiger charge is 2.18. The molecule has 0 aliphatic carbocycles. The molecule has 0 spiro atoms. The monoisotopic (exact) mass is 251 g/mol. The number of carbonyl (C=O) groups is 1. The second-order valence-electron chi connectivity index (χ2n) is 4.52. The molecule has 0 bridgehead atoms. The SMILES string of the molecule is Cc1ccc([N+](=O)[O-])cc1NC(=O)[C@@H](N)C(C)C. The minimum atomic E-state index is -0.635. The highest BCUT2D eigenvalue weighted by molar-refractivity contribution is 5.95. The summed E-state index contributed by atoms with van der Waals surface area (Å²) in [6.45, 7) is 5.44. The molecule has 18 heavy (non-hydrogen) atoms. The van der Waals surface area contributed by atoms with Crippen LogP contribution in [0.2, 0.25) is 0 Å². The summed E-state index contributed by atoms with van der Waals surface area (Å²) in [5.74, 6) is -0.336. The van der Waals surface area contributed by atoms with Crippen molar-refractivity contribution in [1.29, 1.82) is 0 Å². The zero-order valence-electron chi connectivity index (χ0n) is 10.6. The van der Waals surface area contributed by atoms with Gasteiger partial charge in [0.05, 0.1) is 16.7 Å². The molecular weight excluding hydrogens is 234 g/mol. The van der Waals surface area contributed by atoms with Gasteiger partial charge in [-0.3, -0.25) is 14.9 Å². The van der Waals surface area contributed by atoms with Crippen molar-refractivity contribution in [2.75, 3.05) is 5.32 Å². The number of rotatable bonds is 4. The maximum absolute atomic E-state index is 11.8. The van der Waals surface area contributed by atoms with Gasteiger partial charge >= 0.3 is 0 Å². The van der Waals surface area contributed by atoms with Crippen LogP contribution in [0.1, 0.15) is 19.4 Å². The van der Waals surface area contributed by atoms with Gasteiger partial charge in [0.2, 0.25) is 5.91 Å². The quantitative estimate of drug-likeness (QED) is 0.630.